The van der Waals surface area contributed by atoms with Gasteiger partial charge in [0.15, 0.2) is 5.82 Å². The molecule has 4 nitrogen and oxygen atoms in total. The van der Waals surface area contributed by atoms with E-state index in [-0.39, 0.29) is 0 Å². The van der Waals surface area contributed by atoms with Gasteiger partial charge < -0.3 is 0 Å². The first-order chi connectivity index (χ1) is 7.70. The van der Waals surface area contributed by atoms with Crippen molar-refractivity contribution in [2.24, 2.45) is 0 Å². The molecule has 0 saturated carbocycles. The summed E-state index contributed by atoms with van der Waals surface area (Å²) in [5, 5.41) is 13.6. The lowest BCUT2D eigenvalue weighted by Crippen LogP contribution is -2.03. The highest BCUT2D eigenvalue weighted by Crippen LogP contribution is 2.15. The number of rotatable bonds is 3. The second kappa shape index (κ2) is 4.65. The van der Waals surface area contributed by atoms with Crippen LogP contribution >= 0.6 is 11.8 Å². The third kappa shape index (κ3) is 2.24. The molecule has 5 heteroatoms. The van der Waals surface area contributed by atoms with Crippen LogP contribution in [0.4, 0.5) is 0 Å². The van der Waals surface area contributed by atoms with Gasteiger partial charge in [-0.2, -0.15) is 5.10 Å². The lowest BCUT2D eigenvalue weighted by atomic mass is 10.4. The Kier molecular flexibility index (Phi) is 3.24. The van der Waals surface area contributed by atoms with Crippen molar-refractivity contribution in [3.05, 3.63) is 29.6 Å². The summed E-state index contributed by atoms with van der Waals surface area (Å²) in [6.45, 7) is 6.08. The fourth-order valence-corrected chi connectivity index (χ4v) is 2.07. The minimum absolute atomic E-state index is 0.769. The molecule has 0 aliphatic rings. The van der Waals surface area contributed by atoms with Crippen LogP contribution in [0.3, 0.4) is 0 Å². The summed E-state index contributed by atoms with van der Waals surface area (Å²) in [5.74, 6) is 1.78. The molecular weight excluding hydrogens is 220 g/mol. The van der Waals surface area contributed by atoms with Crippen LogP contribution in [0.15, 0.2) is 23.2 Å². The summed E-state index contributed by atoms with van der Waals surface area (Å²) in [4.78, 5) is 0. The molecular formula is C11H14N4S. The van der Waals surface area contributed by atoms with E-state index in [0.29, 0.717) is 0 Å². The van der Waals surface area contributed by atoms with E-state index in [2.05, 4.69) is 22.2 Å². The van der Waals surface area contributed by atoms with Gasteiger partial charge in [0.05, 0.1) is 5.69 Å². The number of nitrogens with zero attached hydrogens (tertiary/aromatic N) is 4. The first kappa shape index (κ1) is 11.1. The number of thioether (sulfide) groups is 1. The number of hydrogen-bond acceptors (Lipinski definition) is 4. The molecule has 0 N–H and O–H groups in total. The fourth-order valence-electron chi connectivity index (χ4n) is 1.51. The van der Waals surface area contributed by atoms with Crippen molar-refractivity contribution in [2.75, 3.05) is 5.75 Å². The molecule has 84 valence electrons. The van der Waals surface area contributed by atoms with Gasteiger partial charge in [-0.05, 0) is 37.8 Å². The largest absolute Gasteiger partial charge is 0.218 e. The summed E-state index contributed by atoms with van der Waals surface area (Å²) >= 11 is 1.69. The predicted octanol–water partition coefficient (Wildman–Crippen LogP) is 2.39. The van der Waals surface area contributed by atoms with Gasteiger partial charge in [-0.25, -0.2) is 4.68 Å². The van der Waals surface area contributed by atoms with Crippen molar-refractivity contribution in [2.45, 2.75) is 25.8 Å². The van der Waals surface area contributed by atoms with Gasteiger partial charge in [-0.3, -0.25) is 0 Å². The highest BCUT2D eigenvalue weighted by atomic mass is 32.2. The van der Waals surface area contributed by atoms with Gasteiger partial charge in [-0.15, -0.1) is 22.0 Å². The van der Waals surface area contributed by atoms with Crippen LogP contribution < -0.4 is 0 Å². The number of aryl methyl sites for hydroxylation is 2. The molecule has 2 aromatic rings. The van der Waals surface area contributed by atoms with Crippen LogP contribution in [0.25, 0.3) is 5.82 Å². The van der Waals surface area contributed by atoms with E-state index in [1.54, 1.807) is 11.8 Å². The maximum atomic E-state index is 4.36. The SMILES string of the molecule is CCSc1ccc(-n2nc(C)cc2C)nn1. The van der Waals surface area contributed by atoms with Crippen LogP contribution in [-0.4, -0.2) is 25.7 Å². The van der Waals surface area contributed by atoms with E-state index in [1.165, 1.54) is 0 Å². The highest BCUT2D eigenvalue weighted by molar-refractivity contribution is 7.99. The molecule has 0 aliphatic heterocycles. The Morgan fingerprint density at radius 2 is 2.06 bits per heavy atom. The minimum Gasteiger partial charge on any atom is -0.218 e. The van der Waals surface area contributed by atoms with Gasteiger partial charge in [0, 0.05) is 5.69 Å². The average Bonchev–Trinajstić information content (AvgIpc) is 2.59. The molecule has 0 aromatic carbocycles. The van der Waals surface area contributed by atoms with E-state index < -0.39 is 0 Å². The quantitative estimate of drug-likeness (QED) is 0.765. The summed E-state index contributed by atoms with van der Waals surface area (Å²) < 4.78 is 1.81. The standard InChI is InChI=1S/C11H14N4S/c1-4-16-11-6-5-10(12-13-11)15-9(3)7-8(2)14-15/h5-7H,4H2,1-3H3. The van der Waals surface area contributed by atoms with Crippen LogP contribution in [0.1, 0.15) is 18.3 Å². The molecule has 0 saturated heterocycles. The second-order valence-electron chi connectivity index (χ2n) is 3.50. The summed E-state index contributed by atoms with van der Waals surface area (Å²) in [7, 11) is 0. The van der Waals surface area contributed by atoms with Crippen LogP contribution in [0, 0.1) is 13.8 Å². The van der Waals surface area contributed by atoms with E-state index in [9.17, 15) is 0 Å². The lowest BCUT2D eigenvalue weighted by molar-refractivity contribution is 0.765. The molecule has 0 spiro atoms. The van der Waals surface area contributed by atoms with Crippen LogP contribution in [0.2, 0.25) is 0 Å². The minimum atomic E-state index is 0.769. The van der Waals surface area contributed by atoms with Crippen molar-refractivity contribution >= 4 is 11.8 Å². The molecule has 0 bridgehead atoms. The topological polar surface area (TPSA) is 43.6 Å². The zero-order valence-electron chi connectivity index (χ0n) is 9.64. The Balaban J connectivity index is 2.31. The van der Waals surface area contributed by atoms with Crippen molar-refractivity contribution in [3.8, 4) is 5.82 Å². The Labute approximate surface area is 99.1 Å². The molecule has 0 aliphatic carbocycles. The number of aromatic nitrogens is 4. The molecule has 0 radical (unpaired) electrons. The van der Waals surface area contributed by atoms with Crippen molar-refractivity contribution in [3.63, 3.8) is 0 Å². The van der Waals surface area contributed by atoms with Gasteiger partial charge in [-0.1, -0.05) is 6.92 Å². The smallest absolute Gasteiger partial charge is 0.175 e. The lowest BCUT2D eigenvalue weighted by Gasteiger charge is -2.02. The summed E-state index contributed by atoms with van der Waals surface area (Å²) in [5.41, 5.74) is 2.06. The van der Waals surface area contributed by atoms with Crippen molar-refractivity contribution in [1.29, 1.82) is 0 Å². The molecule has 0 fully saturated rings. The Bertz CT molecular complexity index is 475. The molecule has 0 unspecified atom stereocenters. The van der Waals surface area contributed by atoms with E-state index in [4.69, 9.17) is 0 Å². The predicted molar refractivity (Wildman–Crippen MR) is 65.0 cm³/mol. The highest BCUT2D eigenvalue weighted by Gasteiger charge is 2.05. The second-order valence-corrected chi connectivity index (χ2v) is 4.79. The molecule has 2 heterocycles. The van der Waals surface area contributed by atoms with Gasteiger partial charge >= 0.3 is 0 Å². The third-order valence-corrected chi connectivity index (χ3v) is 2.95. The Morgan fingerprint density at radius 3 is 2.56 bits per heavy atom. The van der Waals surface area contributed by atoms with Gasteiger partial charge in [0.1, 0.15) is 5.03 Å². The zero-order valence-corrected chi connectivity index (χ0v) is 10.5. The average molecular weight is 234 g/mol. The fraction of sp³-hybridized carbons (Fsp3) is 0.364. The maximum Gasteiger partial charge on any atom is 0.175 e. The Morgan fingerprint density at radius 1 is 1.25 bits per heavy atom. The van der Waals surface area contributed by atoms with Crippen molar-refractivity contribution in [1.82, 2.24) is 20.0 Å². The number of hydrogen-bond donors (Lipinski definition) is 0. The van der Waals surface area contributed by atoms with Gasteiger partial charge in [0.2, 0.25) is 0 Å². The summed E-state index contributed by atoms with van der Waals surface area (Å²) in [6, 6.07) is 5.95. The monoisotopic (exact) mass is 234 g/mol. The third-order valence-electron chi connectivity index (χ3n) is 2.14. The molecule has 16 heavy (non-hydrogen) atoms. The van der Waals surface area contributed by atoms with Crippen molar-refractivity contribution < 1.29 is 0 Å². The molecule has 2 rings (SSSR count). The van der Waals surface area contributed by atoms with E-state index >= 15 is 0 Å². The van der Waals surface area contributed by atoms with E-state index in [1.807, 2.05) is 36.7 Å². The Hall–Kier alpha value is -1.36. The maximum absolute atomic E-state index is 4.36. The first-order valence-electron chi connectivity index (χ1n) is 5.21. The van der Waals surface area contributed by atoms with Crippen LogP contribution in [0.5, 0.6) is 0 Å². The molecule has 0 amide bonds. The zero-order chi connectivity index (χ0) is 11.5. The first-order valence-corrected chi connectivity index (χ1v) is 6.19. The normalized spacial score (nSPS) is 10.7. The van der Waals surface area contributed by atoms with E-state index in [0.717, 1.165) is 28.0 Å². The summed E-state index contributed by atoms with van der Waals surface area (Å²) in [6.07, 6.45) is 0. The van der Waals surface area contributed by atoms with Crippen LogP contribution in [-0.2, 0) is 0 Å². The van der Waals surface area contributed by atoms with Gasteiger partial charge in [0.25, 0.3) is 0 Å². The molecule has 0 atom stereocenters. The molecule has 2 aromatic heterocycles.